The lowest BCUT2D eigenvalue weighted by atomic mass is 10.1. The van der Waals surface area contributed by atoms with Crippen molar-refractivity contribution in [3.05, 3.63) is 104 Å². The first-order valence-corrected chi connectivity index (χ1v) is 10.3. The Morgan fingerprint density at radius 3 is 2.17 bits per heavy atom. The van der Waals surface area contributed by atoms with E-state index in [0.29, 0.717) is 10.0 Å². The summed E-state index contributed by atoms with van der Waals surface area (Å²) in [5, 5.41) is 3.13. The van der Waals surface area contributed by atoms with Gasteiger partial charge in [0.25, 0.3) is 0 Å². The van der Waals surface area contributed by atoms with Crippen LogP contribution in [-0.4, -0.2) is 4.98 Å². The van der Waals surface area contributed by atoms with E-state index in [-0.39, 0.29) is 0 Å². The highest BCUT2D eigenvalue weighted by Gasteiger charge is 2.07. The fourth-order valence-corrected chi connectivity index (χ4v) is 4.02. The molecule has 3 aromatic carbocycles. The number of aromatic amines is 1. The Kier molecular flexibility index (Phi) is 5.82. The molecular formula is C25H18Cl3N. The first-order valence-electron chi connectivity index (χ1n) is 9.19. The van der Waals surface area contributed by atoms with Gasteiger partial charge in [0.2, 0.25) is 0 Å². The zero-order valence-corrected chi connectivity index (χ0v) is 18.0. The third-order valence-corrected chi connectivity index (χ3v) is 5.64. The van der Waals surface area contributed by atoms with E-state index >= 15 is 0 Å². The largest absolute Gasteiger partial charge is 0.355 e. The molecule has 144 valence electrons. The second-order valence-corrected chi connectivity index (χ2v) is 8.11. The molecule has 4 aromatic rings. The molecule has 0 radical (unpaired) electrons. The Balaban J connectivity index is 1.76. The van der Waals surface area contributed by atoms with Gasteiger partial charge in [0.1, 0.15) is 0 Å². The highest BCUT2D eigenvalue weighted by molar-refractivity contribution is 6.35. The average molecular weight is 439 g/mol. The van der Waals surface area contributed by atoms with Gasteiger partial charge in [0.05, 0.1) is 0 Å². The number of rotatable bonds is 4. The molecular weight excluding hydrogens is 421 g/mol. The van der Waals surface area contributed by atoms with Crippen molar-refractivity contribution in [1.29, 1.82) is 0 Å². The summed E-state index contributed by atoms with van der Waals surface area (Å²) in [6, 6.07) is 19.8. The van der Waals surface area contributed by atoms with Crippen LogP contribution in [0.25, 0.3) is 35.2 Å². The van der Waals surface area contributed by atoms with Gasteiger partial charge in [-0.3, -0.25) is 0 Å². The molecule has 0 saturated heterocycles. The molecule has 0 aliphatic heterocycles. The number of para-hydroxylation sites is 1. The monoisotopic (exact) mass is 437 g/mol. The fraction of sp³-hybridized carbons (Fsp3) is 0.0400. The van der Waals surface area contributed by atoms with Gasteiger partial charge in [0, 0.05) is 37.2 Å². The maximum atomic E-state index is 6.38. The van der Waals surface area contributed by atoms with Gasteiger partial charge in [-0.1, -0.05) is 89.4 Å². The van der Waals surface area contributed by atoms with Crippen LogP contribution in [0.1, 0.15) is 27.9 Å². The molecule has 0 atom stereocenters. The number of nitrogens with one attached hydrogen (secondary N) is 1. The van der Waals surface area contributed by atoms with E-state index in [4.69, 9.17) is 34.8 Å². The summed E-state index contributed by atoms with van der Waals surface area (Å²) in [6.45, 7) is 2.03. The molecule has 1 heterocycles. The summed E-state index contributed by atoms with van der Waals surface area (Å²) in [7, 11) is 0. The average Bonchev–Trinajstić information content (AvgIpc) is 3.04. The minimum atomic E-state index is 0.622. The summed E-state index contributed by atoms with van der Waals surface area (Å²) < 4.78 is 0. The van der Waals surface area contributed by atoms with Crippen LogP contribution in [0.4, 0.5) is 0 Å². The van der Waals surface area contributed by atoms with Gasteiger partial charge in [-0.25, -0.2) is 0 Å². The van der Waals surface area contributed by atoms with Crippen LogP contribution in [-0.2, 0) is 0 Å². The molecule has 0 saturated carbocycles. The second kappa shape index (κ2) is 8.51. The number of hydrogen-bond acceptors (Lipinski definition) is 0. The van der Waals surface area contributed by atoms with Crippen molar-refractivity contribution in [3.63, 3.8) is 0 Å². The third kappa shape index (κ3) is 4.43. The predicted molar refractivity (Wildman–Crippen MR) is 129 cm³/mol. The molecule has 29 heavy (non-hydrogen) atoms. The summed E-state index contributed by atoms with van der Waals surface area (Å²) >= 11 is 18.7. The van der Waals surface area contributed by atoms with E-state index < -0.39 is 0 Å². The molecule has 4 heteroatoms. The van der Waals surface area contributed by atoms with E-state index in [0.717, 1.165) is 43.9 Å². The molecule has 1 N–H and O–H groups in total. The zero-order chi connectivity index (χ0) is 20.4. The van der Waals surface area contributed by atoms with E-state index in [1.54, 1.807) is 6.07 Å². The van der Waals surface area contributed by atoms with Crippen molar-refractivity contribution < 1.29 is 0 Å². The Labute approximate surface area is 185 Å². The number of aryl methyl sites for hydroxylation is 1. The Morgan fingerprint density at radius 2 is 1.41 bits per heavy atom. The number of halogens is 3. The molecule has 0 amide bonds. The van der Waals surface area contributed by atoms with Crippen molar-refractivity contribution >= 4 is 70.0 Å². The van der Waals surface area contributed by atoms with Crippen LogP contribution in [0.3, 0.4) is 0 Å². The van der Waals surface area contributed by atoms with E-state index in [9.17, 15) is 0 Å². The highest BCUT2D eigenvalue weighted by atomic mass is 35.5. The smallest absolute Gasteiger partial charge is 0.0493 e. The molecule has 0 spiro atoms. The van der Waals surface area contributed by atoms with Gasteiger partial charge < -0.3 is 4.98 Å². The molecule has 1 nitrogen and oxygen atoms in total. The third-order valence-electron chi connectivity index (χ3n) is 4.75. The van der Waals surface area contributed by atoms with E-state index in [1.807, 2.05) is 55.5 Å². The summed E-state index contributed by atoms with van der Waals surface area (Å²) in [5.41, 5.74) is 6.20. The lowest BCUT2D eigenvalue weighted by molar-refractivity contribution is 1.42. The standard InChI is InChI=1S/C25H18Cl3N/c1-16-6-7-17(22(27)14-16)10-13-25-21(20-4-2-3-5-24(20)29-25)12-9-18-8-11-19(26)15-23(18)28/h2-15,29H,1H3/b12-9+,13-10+. The topological polar surface area (TPSA) is 15.8 Å². The Bertz CT molecular complexity index is 1250. The van der Waals surface area contributed by atoms with Gasteiger partial charge in [-0.05, 0) is 54.0 Å². The number of aromatic nitrogens is 1. The minimum Gasteiger partial charge on any atom is -0.355 e. The quantitative estimate of drug-likeness (QED) is 0.327. The summed E-state index contributed by atoms with van der Waals surface area (Å²) in [5.74, 6) is 0. The first kappa shape index (κ1) is 19.8. The molecule has 0 bridgehead atoms. The normalized spacial score (nSPS) is 11.9. The lowest BCUT2D eigenvalue weighted by Crippen LogP contribution is -1.80. The Hall–Kier alpha value is -2.45. The predicted octanol–water partition coefficient (Wildman–Crippen LogP) is 8.78. The van der Waals surface area contributed by atoms with Gasteiger partial charge >= 0.3 is 0 Å². The lowest BCUT2D eigenvalue weighted by Gasteiger charge is -2.01. The minimum absolute atomic E-state index is 0.622. The maximum absolute atomic E-state index is 6.38. The molecule has 1 aromatic heterocycles. The second-order valence-electron chi connectivity index (χ2n) is 6.86. The molecule has 0 aliphatic carbocycles. The Morgan fingerprint density at radius 1 is 0.724 bits per heavy atom. The molecule has 0 fully saturated rings. The number of H-pyrrole nitrogens is 1. The van der Waals surface area contributed by atoms with Crippen LogP contribution in [0.15, 0.2) is 60.7 Å². The maximum Gasteiger partial charge on any atom is 0.0493 e. The van der Waals surface area contributed by atoms with Gasteiger partial charge in [-0.15, -0.1) is 0 Å². The van der Waals surface area contributed by atoms with E-state index in [2.05, 4.69) is 35.3 Å². The van der Waals surface area contributed by atoms with Crippen LogP contribution >= 0.6 is 34.8 Å². The number of fused-ring (bicyclic) bond motifs is 1. The molecule has 4 rings (SSSR count). The zero-order valence-electron chi connectivity index (χ0n) is 15.7. The molecule has 0 unspecified atom stereocenters. The van der Waals surface area contributed by atoms with Crippen molar-refractivity contribution in [2.24, 2.45) is 0 Å². The van der Waals surface area contributed by atoms with Crippen LogP contribution in [0.2, 0.25) is 15.1 Å². The van der Waals surface area contributed by atoms with E-state index in [1.165, 1.54) is 0 Å². The first-order chi connectivity index (χ1) is 14.0. The van der Waals surface area contributed by atoms with Crippen LogP contribution in [0.5, 0.6) is 0 Å². The summed E-state index contributed by atoms with van der Waals surface area (Å²) in [4.78, 5) is 3.49. The number of hydrogen-bond donors (Lipinski definition) is 1. The van der Waals surface area contributed by atoms with Crippen molar-refractivity contribution in [3.8, 4) is 0 Å². The van der Waals surface area contributed by atoms with Crippen molar-refractivity contribution in [1.82, 2.24) is 4.98 Å². The van der Waals surface area contributed by atoms with Crippen LogP contribution < -0.4 is 0 Å². The summed E-state index contributed by atoms with van der Waals surface area (Å²) in [6.07, 6.45) is 8.16. The molecule has 0 aliphatic rings. The van der Waals surface area contributed by atoms with Gasteiger partial charge in [-0.2, -0.15) is 0 Å². The SMILES string of the molecule is Cc1ccc(/C=C/c2[nH]c3ccccc3c2/C=C/c2ccc(Cl)cc2Cl)c(Cl)c1. The highest BCUT2D eigenvalue weighted by Crippen LogP contribution is 2.29. The number of benzene rings is 3. The van der Waals surface area contributed by atoms with Crippen molar-refractivity contribution in [2.45, 2.75) is 6.92 Å². The van der Waals surface area contributed by atoms with Crippen molar-refractivity contribution in [2.75, 3.05) is 0 Å². The van der Waals surface area contributed by atoms with Gasteiger partial charge in [0.15, 0.2) is 0 Å². The van der Waals surface area contributed by atoms with Crippen LogP contribution in [0, 0.1) is 6.92 Å². The fourth-order valence-electron chi connectivity index (χ4n) is 3.25.